The number of anilines is 1. The molecule has 192 valence electrons. The van der Waals surface area contributed by atoms with Crippen molar-refractivity contribution in [2.75, 3.05) is 4.72 Å². The van der Waals surface area contributed by atoms with Crippen molar-refractivity contribution in [1.29, 1.82) is 0 Å². The van der Waals surface area contributed by atoms with Crippen LogP contribution in [-0.2, 0) is 10.0 Å². The summed E-state index contributed by atoms with van der Waals surface area (Å²) in [6.07, 6.45) is 7.05. The molecule has 0 aliphatic heterocycles. The van der Waals surface area contributed by atoms with Gasteiger partial charge in [-0.05, 0) is 54.6 Å². The molecule has 4 heterocycles. The molecule has 0 spiro atoms. The van der Waals surface area contributed by atoms with Gasteiger partial charge in [-0.15, -0.1) is 0 Å². The lowest BCUT2D eigenvalue weighted by Gasteiger charge is -2.06. The molecule has 0 amide bonds. The van der Waals surface area contributed by atoms with E-state index < -0.39 is 10.0 Å². The van der Waals surface area contributed by atoms with Crippen molar-refractivity contribution in [2.24, 2.45) is 5.10 Å². The van der Waals surface area contributed by atoms with Crippen LogP contribution in [0.1, 0.15) is 5.76 Å². The summed E-state index contributed by atoms with van der Waals surface area (Å²) >= 11 is 0. The number of sulfonamides is 1. The Kier molecular flexibility index (Phi) is 6.01. The number of nitrogens with one attached hydrogen (secondary N) is 1. The number of fused-ring (bicyclic) bond motifs is 1. The normalized spacial score (nSPS) is 11.8. The van der Waals surface area contributed by atoms with Crippen LogP contribution in [0.4, 0.5) is 5.95 Å². The molecule has 13 heteroatoms. The zero-order valence-corrected chi connectivity index (χ0v) is 20.8. The molecule has 0 radical (unpaired) electrons. The SMILES string of the molecule is O=c1c2cnn(-c3ccccc3)c2ncn1/N=C/c1ccc(-c2ccc(S(=O)(=O)Nc3ncccn3)cc2)o1. The number of hydrogen-bond donors (Lipinski definition) is 1. The first-order chi connectivity index (χ1) is 19.0. The van der Waals surface area contributed by atoms with Gasteiger partial charge in [-0.2, -0.15) is 14.9 Å². The van der Waals surface area contributed by atoms with E-state index in [-0.39, 0.29) is 16.4 Å². The first-order valence-electron chi connectivity index (χ1n) is 11.5. The van der Waals surface area contributed by atoms with Crippen LogP contribution < -0.4 is 10.3 Å². The maximum atomic E-state index is 12.9. The van der Waals surface area contributed by atoms with E-state index in [1.54, 1.807) is 35.0 Å². The summed E-state index contributed by atoms with van der Waals surface area (Å²) < 4.78 is 36.0. The van der Waals surface area contributed by atoms with E-state index >= 15 is 0 Å². The third kappa shape index (κ3) is 4.81. The molecular formula is C26H18N8O4S. The van der Waals surface area contributed by atoms with Crippen molar-refractivity contribution >= 4 is 33.2 Å². The second kappa shape index (κ2) is 9.79. The third-order valence-electron chi connectivity index (χ3n) is 5.65. The monoisotopic (exact) mass is 538 g/mol. The summed E-state index contributed by atoms with van der Waals surface area (Å²) in [4.78, 5) is 25.1. The highest BCUT2D eigenvalue weighted by atomic mass is 32.2. The predicted octanol–water partition coefficient (Wildman–Crippen LogP) is 3.32. The molecule has 0 aliphatic rings. The molecule has 12 nitrogen and oxygen atoms in total. The number of hydrogen-bond acceptors (Lipinski definition) is 9. The molecule has 0 bridgehead atoms. The number of para-hydroxylation sites is 1. The number of nitrogens with zero attached hydrogens (tertiary/aromatic N) is 7. The zero-order valence-electron chi connectivity index (χ0n) is 20.0. The minimum absolute atomic E-state index is 0.0185. The number of rotatable bonds is 7. The number of furan rings is 1. The lowest BCUT2D eigenvalue weighted by Crippen LogP contribution is -2.17. The second-order valence-electron chi connectivity index (χ2n) is 8.17. The van der Waals surface area contributed by atoms with Gasteiger partial charge in [0.25, 0.3) is 15.6 Å². The molecule has 0 saturated carbocycles. The number of aromatic nitrogens is 6. The predicted molar refractivity (Wildman–Crippen MR) is 143 cm³/mol. The van der Waals surface area contributed by atoms with Gasteiger partial charge in [0.05, 0.1) is 23.0 Å². The largest absolute Gasteiger partial charge is 0.455 e. The Labute approximate surface area is 221 Å². The summed E-state index contributed by atoms with van der Waals surface area (Å²) in [7, 11) is -3.85. The van der Waals surface area contributed by atoms with Crippen LogP contribution in [0.25, 0.3) is 28.0 Å². The first-order valence-corrected chi connectivity index (χ1v) is 13.0. The average molecular weight is 539 g/mol. The topological polar surface area (TPSA) is 150 Å². The molecule has 0 aliphatic carbocycles. The molecule has 6 aromatic rings. The van der Waals surface area contributed by atoms with Crippen LogP contribution in [-0.4, -0.2) is 44.0 Å². The van der Waals surface area contributed by atoms with Gasteiger partial charge in [0.2, 0.25) is 5.95 Å². The molecule has 0 fully saturated rings. The highest BCUT2D eigenvalue weighted by molar-refractivity contribution is 7.92. The summed E-state index contributed by atoms with van der Waals surface area (Å²) in [6.45, 7) is 0. The highest BCUT2D eigenvalue weighted by Gasteiger charge is 2.16. The second-order valence-corrected chi connectivity index (χ2v) is 9.85. The van der Waals surface area contributed by atoms with E-state index in [1.807, 2.05) is 30.3 Å². The summed E-state index contributed by atoms with van der Waals surface area (Å²) in [6, 6.07) is 20.5. The van der Waals surface area contributed by atoms with Crippen LogP contribution in [0.5, 0.6) is 0 Å². The minimum Gasteiger partial charge on any atom is -0.455 e. The Morgan fingerprint density at radius 3 is 2.44 bits per heavy atom. The maximum Gasteiger partial charge on any atom is 0.285 e. The fraction of sp³-hybridized carbons (Fsp3) is 0. The van der Waals surface area contributed by atoms with E-state index in [0.717, 1.165) is 10.4 Å². The molecule has 0 atom stereocenters. The first kappa shape index (κ1) is 23.9. The molecule has 0 saturated heterocycles. The Morgan fingerprint density at radius 1 is 0.897 bits per heavy atom. The van der Waals surface area contributed by atoms with Gasteiger partial charge in [0, 0.05) is 18.0 Å². The van der Waals surface area contributed by atoms with Crippen LogP contribution in [0, 0.1) is 0 Å². The fourth-order valence-electron chi connectivity index (χ4n) is 3.77. The van der Waals surface area contributed by atoms with Gasteiger partial charge in [-0.3, -0.25) is 4.79 Å². The van der Waals surface area contributed by atoms with Crippen molar-refractivity contribution in [3.8, 4) is 17.0 Å². The molecule has 6 rings (SSSR count). The van der Waals surface area contributed by atoms with Gasteiger partial charge in [-0.1, -0.05) is 18.2 Å². The Hall–Kier alpha value is -5.43. The van der Waals surface area contributed by atoms with E-state index in [4.69, 9.17) is 4.42 Å². The van der Waals surface area contributed by atoms with E-state index in [1.165, 1.54) is 43.3 Å². The zero-order chi connectivity index (χ0) is 26.8. The van der Waals surface area contributed by atoms with Crippen molar-refractivity contribution in [1.82, 2.24) is 29.4 Å². The molecule has 39 heavy (non-hydrogen) atoms. The summed E-state index contributed by atoms with van der Waals surface area (Å²) in [5.74, 6) is 0.858. The van der Waals surface area contributed by atoms with Crippen LogP contribution in [0.2, 0.25) is 0 Å². The van der Waals surface area contributed by atoms with Gasteiger partial charge in [0.15, 0.2) is 5.65 Å². The van der Waals surface area contributed by atoms with Crippen LogP contribution >= 0.6 is 0 Å². The molecular weight excluding hydrogens is 520 g/mol. The average Bonchev–Trinajstić information content (AvgIpc) is 3.62. The van der Waals surface area contributed by atoms with E-state index in [0.29, 0.717) is 28.1 Å². The van der Waals surface area contributed by atoms with Crippen molar-refractivity contribution in [2.45, 2.75) is 4.90 Å². The van der Waals surface area contributed by atoms with Crippen LogP contribution in [0.3, 0.4) is 0 Å². The van der Waals surface area contributed by atoms with E-state index in [2.05, 4.69) is 29.9 Å². The molecule has 4 aromatic heterocycles. The van der Waals surface area contributed by atoms with Gasteiger partial charge >= 0.3 is 0 Å². The smallest absolute Gasteiger partial charge is 0.285 e. The summed E-state index contributed by atoms with van der Waals surface area (Å²) in [5, 5.41) is 8.80. The van der Waals surface area contributed by atoms with Crippen molar-refractivity contribution in [3.63, 3.8) is 0 Å². The molecule has 0 unspecified atom stereocenters. The Bertz CT molecular complexity index is 1960. The number of benzene rings is 2. The fourth-order valence-corrected chi connectivity index (χ4v) is 4.73. The lowest BCUT2D eigenvalue weighted by atomic mass is 10.2. The Balaban J connectivity index is 1.20. The minimum atomic E-state index is -3.85. The standard InChI is InChI=1S/C26H18N8O4S/c35-25-22-16-31-34(19-5-2-1-3-6-19)24(22)29-17-33(25)30-15-20-9-12-23(38-20)18-7-10-21(11-8-18)39(36,37)32-26-27-13-4-14-28-26/h1-17H,(H,27,28,32)/b30-15+. The van der Waals surface area contributed by atoms with Crippen molar-refractivity contribution in [3.05, 3.63) is 114 Å². The Morgan fingerprint density at radius 2 is 1.67 bits per heavy atom. The van der Waals surface area contributed by atoms with Gasteiger partial charge in [-0.25, -0.2) is 32.8 Å². The van der Waals surface area contributed by atoms with Gasteiger partial charge < -0.3 is 4.42 Å². The molecule has 1 N–H and O–H groups in total. The molecule has 2 aromatic carbocycles. The maximum absolute atomic E-state index is 12.9. The highest BCUT2D eigenvalue weighted by Crippen LogP contribution is 2.24. The van der Waals surface area contributed by atoms with Gasteiger partial charge in [0.1, 0.15) is 23.2 Å². The lowest BCUT2D eigenvalue weighted by molar-refractivity contribution is 0.573. The third-order valence-corrected chi connectivity index (χ3v) is 6.99. The van der Waals surface area contributed by atoms with Crippen LogP contribution in [0.15, 0.2) is 117 Å². The van der Waals surface area contributed by atoms with Crippen molar-refractivity contribution < 1.29 is 12.8 Å². The quantitative estimate of drug-likeness (QED) is 0.304. The summed E-state index contributed by atoms with van der Waals surface area (Å²) in [5.41, 5.74) is 1.49. The van der Waals surface area contributed by atoms with E-state index in [9.17, 15) is 13.2 Å².